The van der Waals surface area contributed by atoms with Gasteiger partial charge in [0, 0.05) is 31.6 Å². The molecule has 25 heavy (non-hydrogen) atoms. The first kappa shape index (κ1) is 18.8. The summed E-state index contributed by atoms with van der Waals surface area (Å²) in [6.45, 7) is 7.67. The molecule has 0 amide bonds. The lowest BCUT2D eigenvalue weighted by molar-refractivity contribution is 0.391. The molecule has 6 heteroatoms. The van der Waals surface area contributed by atoms with Crippen molar-refractivity contribution in [2.45, 2.75) is 33.1 Å². The van der Waals surface area contributed by atoms with Crippen molar-refractivity contribution >= 4 is 5.96 Å². The summed E-state index contributed by atoms with van der Waals surface area (Å²) >= 11 is 0. The van der Waals surface area contributed by atoms with Crippen LogP contribution in [0, 0.1) is 13.8 Å². The minimum Gasteiger partial charge on any atom is -0.497 e. The Morgan fingerprint density at radius 3 is 2.52 bits per heavy atom. The Bertz CT molecular complexity index is 672. The minimum absolute atomic E-state index is 0.298. The Balaban J connectivity index is 1.78. The average Bonchev–Trinajstić information content (AvgIpc) is 2.96. The number of aliphatic imine (C=N–C) groups is 1. The maximum Gasteiger partial charge on any atom is 0.191 e. The number of aromatic nitrogens is 1. The number of benzene rings is 1. The van der Waals surface area contributed by atoms with Gasteiger partial charge in [-0.2, -0.15) is 0 Å². The van der Waals surface area contributed by atoms with Crippen LogP contribution in [0.3, 0.4) is 0 Å². The first-order chi connectivity index (χ1) is 12.0. The third-order valence-corrected chi connectivity index (χ3v) is 4.25. The van der Waals surface area contributed by atoms with E-state index < -0.39 is 0 Å². The van der Waals surface area contributed by atoms with E-state index in [1.165, 1.54) is 11.1 Å². The SMILES string of the molecule is CN=C(NCCc1ccc(OC)cc1)NCC(C)c1c(C)noc1C. The maximum absolute atomic E-state index is 5.25. The Kier molecular flexibility index (Phi) is 6.86. The number of hydrogen-bond acceptors (Lipinski definition) is 4. The summed E-state index contributed by atoms with van der Waals surface area (Å²) in [4.78, 5) is 4.28. The molecule has 0 fully saturated rings. The van der Waals surface area contributed by atoms with E-state index in [0.717, 1.165) is 42.7 Å². The lowest BCUT2D eigenvalue weighted by atomic mass is 10.00. The second-order valence-corrected chi connectivity index (χ2v) is 6.12. The smallest absolute Gasteiger partial charge is 0.191 e. The summed E-state index contributed by atoms with van der Waals surface area (Å²) in [7, 11) is 3.46. The molecule has 0 saturated carbocycles. The van der Waals surface area contributed by atoms with Gasteiger partial charge in [-0.05, 0) is 38.0 Å². The van der Waals surface area contributed by atoms with Crippen LogP contribution in [0.4, 0.5) is 0 Å². The van der Waals surface area contributed by atoms with Gasteiger partial charge in [0.25, 0.3) is 0 Å². The van der Waals surface area contributed by atoms with E-state index in [9.17, 15) is 0 Å². The highest BCUT2D eigenvalue weighted by Gasteiger charge is 2.16. The molecule has 1 atom stereocenters. The molecule has 1 unspecified atom stereocenters. The summed E-state index contributed by atoms with van der Waals surface area (Å²) in [5, 5.41) is 10.7. The Morgan fingerprint density at radius 2 is 1.96 bits per heavy atom. The van der Waals surface area contributed by atoms with Gasteiger partial charge in [0.1, 0.15) is 11.5 Å². The zero-order valence-electron chi connectivity index (χ0n) is 15.7. The zero-order chi connectivity index (χ0) is 18.2. The predicted octanol–water partition coefficient (Wildman–Crippen LogP) is 2.81. The fourth-order valence-corrected chi connectivity index (χ4v) is 2.88. The maximum atomic E-state index is 5.25. The number of ether oxygens (including phenoxy) is 1. The molecule has 0 aliphatic heterocycles. The third kappa shape index (κ3) is 5.24. The van der Waals surface area contributed by atoms with Crippen LogP contribution in [-0.2, 0) is 6.42 Å². The number of hydrogen-bond donors (Lipinski definition) is 2. The lowest BCUT2D eigenvalue weighted by Crippen LogP contribution is -2.40. The van der Waals surface area contributed by atoms with Gasteiger partial charge in [0.15, 0.2) is 5.96 Å². The van der Waals surface area contributed by atoms with Crippen LogP contribution in [0.2, 0.25) is 0 Å². The van der Waals surface area contributed by atoms with Crippen LogP contribution in [0.5, 0.6) is 5.75 Å². The quantitative estimate of drug-likeness (QED) is 0.597. The third-order valence-electron chi connectivity index (χ3n) is 4.25. The molecule has 0 radical (unpaired) electrons. The second-order valence-electron chi connectivity index (χ2n) is 6.12. The number of nitrogens with zero attached hydrogens (tertiary/aromatic N) is 2. The predicted molar refractivity (Wildman–Crippen MR) is 100 cm³/mol. The number of nitrogens with one attached hydrogen (secondary N) is 2. The monoisotopic (exact) mass is 344 g/mol. The molecule has 6 nitrogen and oxygen atoms in total. The van der Waals surface area contributed by atoms with Gasteiger partial charge in [-0.15, -0.1) is 0 Å². The van der Waals surface area contributed by atoms with Crippen molar-refractivity contribution in [2.24, 2.45) is 4.99 Å². The summed E-state index contributed by atoms with van der Waals surface area (Å²) in [5.74, 6) is 2.86. The van der Waals surface area contributed by atoms with E-state index in [1.807, 2.05) is 26.0 Å². The van der Waals surface area contributed by atoms with E-state index in [-0.39, 0.29) is 0 Å². The van der Waals surface area contributed by atoms with Crippen molar-refractivity contribution in [3.63, 3.8) is 0 Å². The fourth-order valence-electron chi connectivity index (χ4n) is 2.88. The van der Waals surface area contributed by atoms with Gasteiger partial charge in [-0.1, -0.05) is 24.2 Å². The highest BCUT2D eigenvalue weighted by molar-refractivity contribution is 5.79. The lowest BCUT2D eigenvalue weighted by Gasteiger charge is -2.16. The standard InChI is InChI=1S/C19H28N4O2/c1-13(18-14(2)23-25-15(18)3)12-22-19(20-4)21-11-10-16-6-8-17(24-5)9-7-16/h6-9,13H,10-12H2,1-5H3,(H2,20,21,22). The molecule has 1 heterocycles. The topological polar surface area (TPSA) is 71.7 Å². The molecule has 0 aliphatic carbocycles. The largest absolute Gasteiger partial charge is 0.497 e. The number of methoxy groups -OCH3 is 1. The molecular formula is C19H28N4O2. The number of guanidine groups is 1. The van der Waals surface area contributed by atoms with Crippen LogP contribution in [-0.4, -0.2) is 38.4 Å². The fraction of sp³-hybridized carbons (Fsp3) is 0.474. The Hall–Kier alpha value is -2.50. The van der Waals surface area contributed by atoms with Crippen molar-refractivity contribution < 1.29 is 9.26 Å². The van der Waals surface area contributed by atoms with Gasteiger partial charge in [0.05, 0.1) is 12.8 Å². The van der Waals surface area contributed by atoms with Gasteiger partial charge >= 0.3 is 0 Å². The van der Waals surface area contributed by atoms with Gasteiger partial charge in [0.2, 0.25) is 0 Å². The van der Waals surface area contributed by atoms with Crippen molar-refractivity contribution in [2.75, 3.05) is 27.2 Å². The van der Waals surface area contributed by atoms with E-state index in [2.05, 4.69) is 39.8 Å². The average molecular weight is 344 g/mol. The Morgan fingerprint density at radius 1 is 1.24 bits per heavy atom. The highest BCUT2D eigenvalue weighted by Crippen LogP contribution is 2.22. The van der Waals surface area contributed by atoms with Crippen LogP contribution in [0.1, 0.15) is 35.4 Å². The second kappa shape index (κ2) is 9.11. The van der Waals surface area contributed by atoms with Gasteiger partial charge in [-0.25, -0.2) is 0 Å². The van der Waals surface area contributed by atoms with Gasteiger partial charge < -0.3 is 19.9 Å². The molecule has 2 N–H and O–H groups in total. The number of rotatable bonds is 7. The van der Waals surface area contributed by atoms with E-state index in [0.29, 0.717) is 5.92 Å². The summed E-state index contributed by atoms with van der Waals surface area (Å²) in [6, 6.07) is 8.12. The van der Waals surface area contributed by atoms with Crippen LogP contribution >= 0.6 is 0 Å². The van der Waals surface area contributed by atoms with Crippen molar-refractivity contribution in [3.05, 3.63) is 46.8 Å². The van der Waals surface area contributed by atoms with Gasteiger partial charge in [-0.3, -0.25) is 4.99 Å². The molecule has 1 aromatic heterocycles. The molecular weight excluding hydrogens is 316 g/mol. The molecule has 0 saturated heterocycles. The van der Waals surface area contributed by atoms with E-state index in [4.69, 9.17) is 9.26 Å². The van der Waals surface area contributed by atoms with Crippen LogP contribution < -0.4 is 15.4 Å². The molecule has 0 aliphatic rings. The summed E-state index contributed by atoms with van der Waals surface area (Å²) in [5.41, 5.74) is 3.38. The van der Waals surface area contributed by atoms with Crippen molar-refractivity contribution in [1.82, 2.24) is 15.8 Å². The molecule has 0 bridgehead atoms. The summed E-state index contributed by atoms with van der Waals surface area (Å²) < 4.78 is 10.4. The van der Waals surface area contributed by atoms with Crippen LogP contribution in [0.25, 0.3) is 0 Å². The normalized spacial score (nSPS) is 12.8. The summed E-state index contributed by atoms with van der Waals surface area (Å²) in [6.07, 6.45) is 0.921. The molecule has 1 aromatic carbocycles. The Labute approximate surface area is 149 Å². The first-order valence-corrected chi connectivity index (χ1v) is 8.55. The van der Waals surface area contributed by atoms with Crippen LogP contribution in [0.15, 0.2) is 33.8 Å². The molecule has 2 aromatic rings. The van der Waals surface area contributed by atoms with E-state index in [1.54, 1.807) is 14.2 Å². The molecule has 2 rings (SSSR count). The molecule has 136 valence electrons. The van der Waals surface area contributed by atoms with Crippen molar-refractivity contribution in [3.8, 4) is 5.75 Å². The molecule has 0 spiro atoms. The number of aryl methyl sites for hydroxylation is 2. The minimum atomic E-state index is 0.298. The first-order valence-electron chi connectivity index (χ1n) is 8.55. The zero-order valence-corrected chi connectivity index (χ0v) is 15.7. The highest BCUT2D eigenvalue weighted by atomic mass is 16.5. The van der Waals surface area contributed by atoms with Crippen molar-refractivity contribution in [1.29, 1.82) is 0 Å². The van der Waals surface area contributed by atoms with E-state index >= 15 is 0 Å².